The van der Waals surface area contributed by atoms with Crippen molar-refractivity contribution in [2.75, 3.05) is 13.2 Å². The summed E-state index contributed by atoms with van der Waals surface area (Å²) in [6.45, 7) is 1.04. The van der Waals surface area contributed by atoms with Gasteiger partial charge >= 0.3 is 5.97 Å². The third-order valence-electron chi connectivity index (χ3n) is 3.04. The second-order valence-electron chi connectivity index (χ2n) is 4.41. The Hall–Kier alpha value is -2.38. The zero-order valence-corrected chi connectivity index (χ0v) is 11.1. The third-order valence-corrected chi connectivity index (χ3v) is 3.04. The molecule has 21 heavy (non-hydrogen) atoms. The molecule has 0 radical (unpaired) electrons. The lowest BCUT2D eigenvalue weighted by molar-refractivity contribution is -0.151. The van der Waals surface area contributed by atoms with Gasteiger partial charge in [-0.1, -0.05) is 0 Å². The Morgan fingerprint density at radius 1 is 1.48 bits per heavy atom. The Morgan fingerprint density at radius 3 is 2.86 bits per heavy atom. The summed E-state index contributed by atoms with van der Waals surface area (Å²) in [7, 11) is 0. The van der Waals surface area contributed by atoms with E-state index < -0.39 is 35.2 Å². The smallest absolute Gasteiger partial charge is 0.318 e. The first kappa shape index (κ1) is 15.0. The van der Waals surface area contributed by atoms with Crippen LogP contribution in [0.3, 0.4) is 0 Å². The minimum Gasteiger partial charge on any atom is -0.465 e. The number of pyridine rings is 1. The molecule has 112 valence electrons. The van der Waals surface area contributed by atoms with Crippen LogP contribution in [0.2, 0.25) is 0 Å². The third kappa shape index (κ3) is 2.88. The summed E-state index contributed by atoms with van der Waals surface area (Å²) in [5.74, 6) is -6.15. The molecular weight excluding hydrogens is 286 g/mol. The van der Waals surface area contributed by atoms with E-state index in [0.717, 1.165) is 17.2 Å². The average molecular weight is 298 g/mol. The van der Waals surface area contributed by atoms with Crippen LogP contribution in [0.1, 0.15) is 12.6 Å². The Bertz CT molecular complexity index is 606. The van der Waals surface area contributed by atoms with Crippen molar-refractivity contribution < 1.29 is 27.9 Å². The van der Waals surface area contributed by atoms with E-state index in [0.29, 0.717) is 0 Å². The summed E-state index contributed by atoms with van der Waals surface area (Å²) >= 11 is 0. The van der Waals surface area contributed by atoms with Gasteiger partial charge in [-0.2, -0.15) is 0 Å². The summed E-state index contributed by atoms with van der Waals surface area (Å²) in [6, 6.07) is 0.844. The molecule has 0 bridgehead atoms. The highest BCUT2D eigenvalue weighted by molar-refractivity contribution is 6.42. The van der Waals surface area contributed by atoms with Crippen molar-refractivity contribution >= 4 is 17.7 Å². The number of nitrogens with zero attached hydrogens (tertiary/aromatic N) is 2. The van der Waals surface area contributed by atoms with Crippen LogP contribution >= 0.6 is 0 Å². The number of halogens is 2. The number of aromatic nitrogens is 1. The second-order valence-corrected chi connectivity index (χ2v) is 4.41. The summed E-state index contributed by atoms with van der Waals surface area (Å²) < 4.78 is 31.3. The van der Waals surface area contributed by atoms with Gasteiger partial charge in [0.15, 0.2) is 11.6 Å². The van der Waals surface area contributed by atoms with Crippen LogP contribution in [0.25, 0.3) is 0 Å². The van der Waals surface area contributed by atoms with Gasteiger partial charge < -0.3 is 9.64 Å². The average Bonchev–Trinajstić information content (AvgIpc) is 2.72. The number of ketones is 1. The fourth-order valence-electron chi connectivity index (χ4n) is 2.00. The number of carbonyl (C=O) groups is 3. The summed E-state index contributed by atoms with van der Waals surface area (Å²) in [6.07, 6.45) is 1.05. The van der Waals surface area contributed by atoms with Crippen molar-refractivity contribution in [1.82, 2.24) is 9.88 Å². The molecule has 1 amide bonds. The number of hydrogen-bond acceptors (Lipinski definition) is 5. The van der Waals surface area contributed by atoms with Gasteiger partial charge in [-0.15, -0.1) is 0 Å². The zero-order valence-electron chi connectivity index (χ0n) is 11.1. The van der Waals surface area contributed by atoms with Crippen LogP contribution in [-0.2, 0) is 25.7 Å². The number of rotatable bonds is 4. The van der Waals surface area contributed by atoms with E-state index in [1.54, 1.807) is 6.92 Å². The maximum absolute atomic E-state index is 13.5. The molecular formula is C13H12F2N2O4. The predicted molar refractivity (Wildman–Crippen MR) is 64.7 cm³/mol. The first-order chi connectivity index (χ1) is 9.95. The minimum atomic E-state index is -1.23. The monoisotopic (exact) mass is 298 g/mol. The van der Waals surface area contributed by atoms with Gasteiger partial charge in [0.2, 0.25) is 5.78 Å². The topological polar surface area (TPSA) is 76.6 Å². The van der Waals surface area contributed by atoms with Gasteiger partial charge in [0.25, 0.3) is 5.91 Å². The molecule has 1 aromatic rings. The van der Waals surface area contributed by atoms with Crippen molar-refractivity contribution in [2.24, 2.45) is 5.92 Å². The van der Waals surface area contributed by atoms with Crippen LogP contribution in [0.5, 0.6) is 0 Å². The van der Waals surface area contributed by atoms with Crippen LogP contribution < -0.4 is 0 Å². The quantitative estimate of drug-likeness (QED) is 0.458. The Kier molecular flexibility index (Phi) is 4.25. The van der Waals surface area contributed by atoms with Crippen LogP contribution in [0, 0.1) is 17.6 Å². The molecule has 0 spiro atoms. The van der Waals surface area contributed by atoms with Crippen LogP contribution in [0.4, 0.5) is 8.78 Å². The van der Waals surface area contributed by atoms with Gasteiger partial charge in [-0.25, -0.2) is 8.78 Å². The number of amides is 1. The number of carbonyl (C=O) groups excluding carboxylic acids is 3. The Morgan fingerprint density at radius 2 is 2.19 bits per heavy atom. The van der Waals surface area contributed by atoms with Gasteiger partial charge in [0.05, 0.1) is 18.8 Å². The normalized spacial score (nSPS) is 18.2. The molecule has 0 N–H and O–H groups in total. The van der Waals surface area contributed by atoms with Crippen molar-refractivity contribution in [3.63, 3.8) is 0 Å². The lowest BCUT2D eigenvalue weighted by atomic mass is 10.1. The van der Waals surface area contributed by atoms with E-state index >= 15 is 0 Å². The van der Waals surface area contributed by atoms with Crippen molar-refractivity contribution in [3.8, 4) is 0 Å². The number of esters is 1. The molecule has 0 saturated carbocycles. The molecule has 8 heteroatoms. The van der Waals surface area contributed by atoms with E-state index in [1.807, 2.05) is 0 Å². The molecule has 2 heterocycles. The van der Waals surface area contributed by atoms with Gasteiger partial charge in [-0.05, 0) is 13.0 Å². The predicted octanol–water partition coefficient (Wildman–Crippen LogP) is 0.450. The Labute approximate surface area is 118 Å². The van der Waals surface area contributed by atoms with Crippen molar-refractivity contribution in [1.29, 1.82) is 0 Å². The number of Topliss-reactive ketones (excluding diaryl/α,β-unsaturated/α-hetero) is 1. The standard InChI is InChI=1S/C13H12F2N2O4/c1-2-21-13(20)7-5-17(12(19)11(7)18)6-9-10(15)8(14)3-4-16-9/h3-4,7H,2,5-6H2,1H3. The maximum Gasteiger partial charge on any atom is 0.318 e. The van der Waals surface area contributed by atoms with E-state index in [4.69, 9.17) is 4.74 Å². The molecule has 1 saturated heterocycles. The molecule has 0 aromatic carbocycles. The molecule has 6 nitrogen and oxygen atoms in total. The summed E-state index contributed by atoms with van der Waals surface area (Å²) in [5.41, 5.74) is -0.305. The van der Waals surface area contributed by atoms with Gasteiger partial charge in [-0.3, -0.25) is 19.4 Å². The highest BCUT2D eigenvalue weighted by Gasteiger charge is 2.44. The fraction of sp³-hybridized carbons (Fsp3) is 0.385. The first-order valence-corrected chi connectivity index (χ1v) is 6.24. The minimum absolute atomic E-state index is 0.0802. The molecule has 2 rings (SSSR count). The number of likely N-dealkylation sites (tertiary alicyclic amines) is 1. The van der Waals surface area contributed by atoms with Crippen molar-refractivity contribution in [2.45, 2.75) is 13.5 Å². The second kappa shape index (κ2) is 5.94. The van der Waals surface area contributed by atoms with E-state index in [-0.39, 0.29) is 25.4 Å². The Balaban J connectivity index is 2.15. The molecule has 0 aliphatic carbocycles. The molecule has 1 atom stereocenters. The molecule has 1 aliphatic heterocycles. The van der Waals surface area contributed by atoms with Crippen molar-refractivity contribution in [3.05, 3.63) is 29.6 Å². The zero-order chi connectivity index (χ0) is 15.6. The van der Waals surface area contributed by atoms with Gasteiger partial charge in [0.1, 0.15) is 5.92 Å². The van der Waals surface area contributed by atoms with Crippen LogP contribution in [0.15, 0.2) is 12.3 Å². The maximum atomic E-state index is 13.5. The molecule has 1 aliphatic rings. The SMILES string of the molecule is CCOC(=O)C1CN(Cc2nccc(F)c2F)C(=O)C1=O. The highest BCUT2D eigenvalue weighted by atomic mass is 19.2. The fourth-order valence-corrected chi connectivity index (χ4v) is 2.00. The van der Waals surface area contributed by atoms with E-state index in [1.165, 1.54) is 0 Å². The lowest BCUT2D eigenvalue weighted by Crippen LogP contribution is -2.27. The number of hydrogen-bond donors (Lipinski definition) is 0. The summed E-state index contributed by atoms with van der Waals surface area (Å²) in [4.78, 5) is 39.6. The van der Waals surface area contributed by atoms with E-state index in [2.05, 4.69) is 4.98 Å². The lowest BCUT2D eigenvalue weighted by Gasteiger charge is -2.15. The number of ether oxygens (including phenoxy) is 1. The molecule has 1 fully saturated rings. The van der Waals surface area contributed by atoms with Crippen LogP contribution in [-0.4, -0.2) is 40.7 Å². The highest BCUT2D eigenvalue weighted by Crippen LogP contribution is 2.19. The molecule has 1 aromatic heterocycles. The molecule has 1 unspecified atom stereocenters. The first-order valence-electron chi connectivity index (χ1n) is 6.24. The summed E-state index contributed by atoms with van der Waals surface area (Å²) in [5, 5.41) is 0. The largest absolute Gasteiger partial charge is 0.465 e. The van der Waals surface area contributed by atoms with E-state index in [9.17, 15) is 23.2 Å². The van der Waals surface area contributed by atoms with Gasteiger partial charge in [0, 0.05) is 12.7 Å².